The van der Waals surface area contributed by atoms with E-state index < -0.39 is 16.0 Å². The molecule has 0 radical (unpaired) electrons. The Hall–Kier alpha value is -2.42. The average Bonchev–Trinajstić information content (AvgIpc) is 2.98. The zero-order valence-corrected chi connectivity index (χ0v) is 17.4. The number of allylic oxidation sites excluding steroid dienone is 1. The van der Waals surface area contributed by atoms with Crippen LogP contribution in [0, 0.1) is 0 Å². The van der Waals surface area contributed by atoms with Gasteiger partial charge in [-0.15, -0.1) is 11.0 Å². The third-order valence-electron chi connectivity index (χ3n) is 3.82. The van der Waals surface area contributed by atoms with E-state index in [9.17, 15) is 13.2 Å². The van der Waals surface area contributed by atoms with Crippen LogP contribution in [0.1, 0.15) is 17.3 Å². The highest BCUT2D eigenvalue weighted by Gasteiger charge is 2.16. The molecule has 0 saturated carbocycles. The van der Waals surface area contributed by atoms with Crippen LogP contribution in [-0.2, 0) is 21.3 Å². The summed E-state index contributed by atoms with van der Waals surface area (Å²) in [6.45, 7) is 6.10. The topological polar surface area (TPSA) is 77.7 Å². The quantitative estimate of drug-likeness (QED) is 0.432. The number of esters is 1. The van der Waals surface area contributed by atoms with Crippen LogP contribution in [0.5, 0.6) is 0 Å². The van der Waals surface area contributed by atoms with Gasteiger partial charge in [-0.3, -0.25) is 0 Å². The van der Waals surface area contributed by atoms with Gasteiger partial charge in [-0.2, -0.15) is 8.42 Å². The normalized spacial score (nSPS) is 12.3. The Kier molecular flexibility index (Phi) is 6.02. The van der Waals surface area contributed by atoms with Crippen molar-refractivity contribution < 1.29 is 17.9 Å². The smallest absolute Gasteiger partial charge is 0.338 e. The number of benzene rings is 2. The van der Waals surface area contributed by atoms with E-state index in [2.05, 4.69) is 11.0 Å². The van der Waals surface area contributed by atoms with E-state index >= 15 is 0 Å². The molecule has 0 N–H and O–H groups in total. The Morgan fingerprint density at radius 1 is 1.29 bits per heavy atom. The van der Waals surface area contributed by atoms with E-state index in [1.807, 2.05) is 0 Å². The van der Waals surface area contributed by atoms with Crippen LogP contribution in [-0.4, -0.2) is 25.6 Å². The molecule has 0 atom stereocenters. The van der Waals surface area contributed by atoms with Crippen molar-refractivity contribution in [3.63, 3.8) is 0 Å². The van der Waals surface area contributed by atoms with Crippen molar-refractivity contribution in [1.82, 2.24) is 4.57 Å². The fourth-order valence-electron chi connectivity index (χ4n) is 2.55. The SMILES string of the molecule is C=CCn1/c(=N/S(=O)(=O)c2ccc(Cl)cc2)sc2cc(C(=O)OCC)ccc21. The van der Waals surface area contributed by atoms with Crippen LogP contribution in [0.2, 0.25) is 5.02 Å². The molecule has 3 aromatic rings. The molecule has 0 fully saturated rings. The van der Waals surface area contributed by atoms with Crippen LogP contribution in [0.3, 0.4) is 0 Å². The first-order valence-electron chi connectivity index (χ1n) is 8.33. The predicted octanol–water partition coefficient (Wildman–Crippen LogP) is 4.01. The van der Waals surface area contributed by atoms with E-state index in [-0.39, 0.29) is 16.3 Å². The Morgan fingerprint density at radius 2 is 2.00 bits per heavy atom. The van der Waals surface area contributed by atoms with Crippen molar-refractivity contribution in [3.8, 4) is 0 Å². The monoisotopic (exact) mass is 436 g/mol. The lowest BCUT2D eigenvalue weighted by Gasteiger charge is -2.04. The second-order valence-corrected chi connectivity index (χ2v) is 8.76. The van der Waals surface area contributed by atoms with E-state index in [1.165, 1.54) is 35.6 Å². The number of fused-ring (bicyclic) bond motifs is 1. The van der Waals surface area contributed by atoms with Crippen LogP contribution < -0.4 is 4.80 Å². The summed E-state index contributed by atoms with van der Waals surface area (Å²) >= 11 is 7.00. The van der Waals surface area contributed by atoms with Gasteiger partial charge in [0, 0.05) is 11.6 Å². The first-order valence-corrected chi connectivity index (χ1v) is 11.0. The van der Waals surface area contributed by atoms with Crippen LogP contribution >= 0.6 is 22.9 Å². The molecule has 0 saturated heterocycles. The Morgan fingerprint density at radius 3 is 2.64 bits per heavy atom. The molecule has 146 valence electrons. The van der Waals surface area contributed by atoms with Crippen molar-refractivity contribution in [2.75, 3.05) is 6.61 Å². The number of thiazole rings is 1. The van der Waals surface area contributed by atoms with E-state index in [0.29, 0.717) is 17.1 Å². The standard InChI is InChI=1S/C19H17ClN2O4S2/c1-3-11-22-16-10-5-13(18(23)26-4-2)12-17(16)27-19(22)21-28(24,25)15-8-6-14(20)7-9-15/h3,5-10,12H,1,4,11H2,2H3/b21-19-. The van der Waals surface area contributed by atoms with Crippen LogP contribution in [0.15, 0.2) is 64.4 Å². The van der Waals surface area contributed by atoms with Crippen molar-refractivity contribution in [2.45, 2.75) is 18.4 Å². The molecule has 0 bridgehead atoms. The van der Waals surface area contributed by atoms with Crippen molar-refractivity contribution in [1.29, 1.82) is 0 Å². The molecule has 2 aromatic carbocycles. The molecule has 1 aromatic heterocycles. The van der Waals surface area contributed by atoms with Gasteiger partial charge in [0.25, 0.3) is 10.0 Å². The molecule has 1 heterocycles. The van der Waals surface area contributed by atoms with Gasteiger partial charge in [-0.05, 0) is 49.4 Å². The van der Waals surface area contributed by atoms with Gasteiger partial charge in [0.05, 0.1) is 27.3 Å². The second kappa shape index (κ2) is 8.30. The Labute approximate surface area is 171 Å². The number of nitrogens with zero attached hydrogens (tertiary/aromatic N) is 2. The maximum absolute atomic E-state index is 12.7. The van der Waals surface area contributed by atoms with E-state index in [0.717, 1.165) is 10.2 Å². The Bertz CT molecular complexity index is 1210. The molecule has 6 nitrogen and oxygen atoms in total. The third-order valence-corrected chi connectivity index (χ3v) is 6.51. The van der Waals surface area contributed by atoms with E-state index in [4.69, 9.17) is 16.3 Å². The highest BCUT2D eigenvalue weighted by atomic mass is 35.5. The van der Waals surface area contributed by atoms with Gasteiger partial charge in [0.15, 0.2) is 0 Å². The minimum absolute atomic E-state index is 0.0479. The number of aromatic nitrogens is 1. The zero-order chi connectivity index (χ0) is 20.3. The van der Waals surface area contributed by atoms with E-state index in [1.54, 1.807) is 35.8 Å². The minimum Gasteiger partial charge on any atom is -0.462 e. The Balaban J connectivity index is 2.17. The molecule has 0 aliphatic carbocycles. The summed E-state index contributed by atoms with van der Waals surface area (Å²) in [5.74, 6) is -0.430. The summed E-state index contributed by atoms with van der Waals surface area (Å²) < 4.78 is 36.9. The van der Waals surface area contributed by atoms with Gasteiger partial charge < -0.3 is 9.30 Å². The first-order chi connectivity index (χ1) is 13.4. The summed E-state index contributed by atoms with van der Waals surface area (Å²) in [4.78, 5) is 12.3. The highest BCUT2D eigenvalue weighted by molar-refractivity contribution is 7.90. The molecule has 0 aliphatic heterocycles. The van der Waals surface area contributed by atoms with Crippen LogP contribution in [0.4, 0.5) is 0 Å². The largest absolute Gasteiger partial charge is 0.462 e. The lowest BCUT2D eigenvalue weighted by molar-refractivity contribution is 0.0526. The molecule has 0 aliphatic rings. The minimum atomic E-state index is -3.92. The zero-order valence-electron chi connectivity index (χ0n) is 15.0. The summed E-state index contributed by atoms with van der Waals surface area (Å²) in [6, 6.07) is 10.9. The maximum Gasteiger partial charge on any atom is 0.338 e. The number of carbonyl (C=O) groups is 1. The highest BCUT2D eigenvalue weighted by Crippen LogP contribution is 2.21. The fraction of sp³-hybridized carbons (Fsp3) is 0.158. The predicted molar refractivity (Wildman–Crippen MR) is 110 cm³/mol. The maximum atomic E-state index is 12.7. The summed E-state index contributed by atoms with van der Waals surface area (Å²) in [5, 5.41) is 0.439. The lowest BCUT2D eigenvalue weighted by Crippen LogP contribution is -2.16. The second-order valence-electron chi connectivity index (χ2n) is 5.71. The van der Waals surface area contributed by atoms with Gasteiger partial charge in [-0.25, -0.2) is 4.79 Å². The number of hydrogen-bond donors (Lipinski definition) is 0. The molecule has 9 heteroatoms. The summed E-state index contributed by atoms with van der Waals surface area (Å²) in [6.07, 6.45) is 1.65. The molecular weight excluding hydrogens is 420 g/mol. The number of hydrogen-bond acceptors (Lipinski definition) is 5. The first kappa shape index (κ1) is 20.3. The van der Waals surface area contributed by atoms with Crippen molar-refractivity contribution in [3.05, 3.63) is 70.5 Å². The van der Waals surface area contributed by atoms with Crippen molar-refractivity contribution in [2.24, 2.45) is 4.40 Å². The summed E-state index contributed by atoms with van der Waals surface area (Å²) in [5.41, 5.74) is 1.15. The summed E-state index contributed by atoms with van der Waals surface area (Å²) in [7, 11) is -3.92. The van der Waals surface area contributed by atoms with Gasteiger partial charge in [-0.1, -0.05) is 29.0 Å². The molecule has 0 unspecified atom stereocenters. The number of halogens is 1. The molecule has 0 amide bonds. The number of carbonyl (C=O) groups excluding carboxylic acids is 1. The fourth-order valence-corrected chi connectivity index (χ4v) is 4.96. The van der Waals surface area contributed by atoms with Crippen molar-refractivity contribution >= 4 is 49.1 Å². The number of sulfonamides is 1. The third kappa shape index (κ3) is 4.19. The lowest BCUT2D eigenvalue weighted by atomic mass is 10.2. The number of ether oxygens (including phenoxy) is 1. The number of rotatable bonds is 6. The molecule has 3 rings (SSSR count). The molecule has 0 spiro atoms. The molecule has 28 heavy (non-hydrogen) atoms. The van der Waals surface area contributed by atoms with Gasteiger partial charge in [0.2, 0.25) is 4.80 Å². The average molecular weight is 437 g/mol. The van der Waals surface area contributed by atoms with Gasteiger partial charge in [0.1, 0.15) is 0 Å². The van der Waals surface area contributed by atoms with Crippen LogP contribution in [0.25, 0.3) is 10.2 Å². The van der Waals surface area contributed by atoms with Gasteiger partial charge >= 0.3 is 5.97 Å². The molecular formula is C19H17ClN2O4S2.